The zero-order valence-corrected chi connectivity index (χ0v) is 16.1. The third-order valence-corrected chi connectivity index (χ3v) is 6.20. The van der Waals surface area contributed by atoms with Gasteiger partial charge in [0.25, 0.3) is 5.91 Å². The number of sulfone groups is 1. The van der Waals surface area contributed by atoms with Crippen LogP contribution in [0.4, 0.5) is 5.69 Å². The molecule has 5 nitrogen and oxygen atoms in total. The predicted molar refractivity (Wildman–Crippen MR) is 101 cm³/mol. The Hall–Kier alpha value is -2.12. The fourth-order valence-corrected chi connectivity index (χ4v) is 3.76. The highest BCUT2D eigenvalue weighted by Crippen LogP contribution is 2.28. The number of carbonyl (C=O) groups is 1. The fourth-order valence-electron chi connectivity index (χ4n) is 2.51. The molecule has 0 radical (unpaired) electrons. The molecule has 3 rings (SSSR count). The van der Waals surface area contributed by atoms with E-state index in [1.54, 1.807) is 25.1 Å². The lowest BCUT2D eigenvalue weighted by Gasteiger charge is -2.06. The Morgan fingerprint density at radius 1 is 1.16 bits per heavy atom. The molecule has 0 aliphatic carbocycles. The zero-order chi connectivity index (χ0) is 18.2. The number of hydrogen-bond donors (Lipinski definition) is 1. The number of furan rings is 1. The topological polar surface area (TPSA) is 76.4 Å². The molecule has 0 aliphatic rings. The van der Waals surface area contributed by atoms with Crippen molar-refractivity contribution in [2.24, 2.45) is 0 Å². The summed E-state index contributed by atoms with van der Waals surface area (Å²) in [5.41, 5.74) is 1.88. The molecule has 0 unspecified atom stereocenters. The highest BCUT2D eigenvalue weighted by molar-refractivity contribution is 9.10. The molecule has 0 spiro atoms. The first-order valence-electron chi connectivity index (χ1n) is 7.64. The van der Waals surface area contributed by atoms with Crippen LogP contribution in [0.25, 0.3) is 11.0 Å². The van der Waals surface area contributed by atoms with E-state index in [0.717, 1.165) is 15.4 Å². The number of carbonyl (C=O) groups excluding carboxylic acids is 1. The van der Waals surface area contributed by atoms with E-state index in [1.807, 2.05) is 19.1 Å². The Labute approximate surface area is 154 Å². The lowest BCUT2D eigenvalue weighted by atomic mass is 10.1. The summed E-state index contributed by atoms with van der Waals surface area (Å²) in [4.78, 5) is 12.7. The lowest BCUT2D eigenvalue weighted by Crippen LogP contribution is -2.12. The summed E-state index contributed by atoms with van der Waals surface area (Å²) >= 11 is 3.40. The molecule has 7 heteroatoms. The summed E-state index contributed by atoms with van der Waals surface area (Å²) < 4.78 is 30.2. The number of fused-ring (bicyclic) bond motifs is 1. The van der Waals surface area contributed by atoms with E-state index in [4.69, 9.17) is 4.42 Å². The van der Waals surface area contributed by atoms with Crippen LogP contribution in [0.2, 0.25) is 0 Å². The van der Waals surface area contributed by atoms with Crippen molar-refractivity contribution in [3.05, 3.63) is 58.3 Å². The molecule has 3 aromatic rings. The van der Waals surface area contributed by atoms with E-state index in [2.05, 4.69) is 21.2 Å². The van der Waals surface area contributed by atoms with Crippen LogP contribution in [0.3, 0.4) is 0 Å². The van der Waals surface area contributed by atoms with Gasteiger partial charge in [0.1, 0.15) is 5.58 Å². The number of halogens is 1. The number of benzene rings is 2. The monoisotopic (exact) mass is 421 g/mol. The average molecular weight is 422 g/mol. The SMILES string of the molecule is CCS(=O)(=O)c1ccc(NC(=O)c2oc3ccc(Br)cc3c2C)cc1. The molecule has 130 valence electrons. The van der Waals surface area contributed by atoms with Gasteiger partial charge in [0, 0.05) is 21.1 Å². The summed E-state index contributed by atoms with van der Waals surface area (Å²) in [5.74, 6) is -0.110. The van der Waals surface area contributed by atoms with Gasteiger partial charge in [-0.25, -0.2) is 8.42 Å². The zero-order valence-electron chi connectivity index (χ0n) is 13.7. The average Bonchev–Trinajstić information content (AvgIpc) is 2.92. The van der Waals surface area contributed by atoms with Gasteiger partial charge in [-0.05, 0) is 49.4 Å². The number of nitrogens with one attached hydrogen (secondary N) is 1. The van der Waals surface area contributed by atoms with Crippen LogP contribution in [0.15, 0.2) is 56.2 Å². The summed E-state index contributed by atoms with van der Waals surface area (Å²) in [7, 11) is -3.26. The fraction of sp³-hybridized carbons (Fsp3) is 0.167. The van der Waals surface area contributed by atoms with Crippen molar-refractivity contribution in [3.8, 4) is 0 Å². The van der Waals surface area contributed by atoms with Crippen LogP contribution in [0.5, 0.6) is 0 Å². The minimum Gasteiger partial charge on any atom is -0.451 e. The second kappa shape index (κ2) is 6.65. The molecule has 0 fully saturated rings. The molecule has 1 heterocycles. The Morgan fingerprint density at radius 3 is 2.48 bits per heavy atom. The maximum atomic E-state index is 12.5. The van der Waals surface area contributed by atoms with E-state index in [9.17, 15) is 13.2 Å². The van der Waals surface area contributed by atoms with Crippen molar-refractivity contribution in [1.82, 2.24) is 0 Å². The van der Waals surface area contributed by atoms with Crippen molar-refractivity contribution in [3.63, 3.8) is 0 Å². The van der Waals surface area contributed by atoms with Crippen LogP contribution in [-0.4, -0.2) is 20.1 Å². The van der Waals surface area contributed by atoms with Gasteiger partial charge in [0.15, 0.2) is 15.6 Å². The first-order chi connectivity index (χ1) is 11.8. The summed E-state index contributed by atoms with van der Waals surface area (Å²) in [6.45, 7) is 3.41. The van der Waals surface area contributed by atoms with E-state index in [-0.39, 0.29) is 22.3 Å². The smallest absolute Gasteiger partial charge is 0.291 e. The molecule has 0 saturated heterocycles. The molecular weight excluding hydrogens is 406 g/mol. The third-order valence-electron chi connectivity index (χ3n) is 3.96. The molecule has 2 aromatic carbocycles. The van der Waals surface area contributed by atoms with E-state index >= 15 is 0 Å². The van der Waals surface area contributed by atoms with Gasteiger partial charge in [-0.3, -0.25) is 4.79 Å². The van der Waals surface area contributed by atoms with Crippen LogP contribution in [0.1, 0.15) is 23.0 Å². The molecule has 1 aromatic heterocycles. The predicted octanol–water partition coefficient (Wildman–Crippen LogP) is 4.55. The number of amides is 1. The summed E-state index contributed by atoms with van der Waals surface area (Å²) in [5, 5.41) is 3.60. The molecule has 25 heavy (non-hydrogen) atoms. The van der Waals surface area contributed by atoms with Gasteiger partial charge in [0.05, 0.1) is 10.6 Å². The van der Waals surface area contributed by atoms with Gasteiger partial charge in [-0.1, -0.05) is 22.9 Å². The Morgan fingerprint density at radius 2 is 1.84 bits per heavy atom. The summed E-state index contributed by atoms with van der Waals surface area (Å²) in [6, 6.07) is 11.6. The maximum Gasteiger partial charge on any atom is 0.291 e. The molecular formula is C18H16BrNO4S. The Balaban J connectivity index is 1.86. The van der Waals surface area contributed by atoms with Crippen LogP contribution >= 0.6 is 15.9 Å². The van der Waals surface area contributed by atoms with Gasteiger partial charge < -0.3 is 9.73 Å². The molecule has 0 saturated carbocycles. The van der Waals surface area contributed by atoms with Crippen molar-refractivity contribution >= 4 is 48.3 Å². The van der Waals surface area contributed by atoms with Crippen molar-refractivity contribution in [2.45, 2.75) is 18.7 Å². The van der Waals surface area contributed by atoms with Crippen LogP contribution < -0.4 is 5.32 Å². The van der Waals surface area contributed by atoms with Gasteiger partial charge in [-0.2, -0.15) is 0 Å². The van der Waals surface area contributed by atoms with Gasteiger partial charge >= 0.3 is 0 Å². The second-order valence-corrected chi connectivity index (χ2v) is 8.77. The molecule has 1 amide bonds. The number of rotatable bonds is 4. The first-order valence-corrected chi connectivity index (χ1v) is 10.1. The molecule has 0 atom stereocenters. The lowest BCUT2D eigenvalue weighted by molar-refractivity contribution is 0.0998. The Bertz CT molecular complexity index is 1050. The van der Waals surface area contributed by atoms with Gasteiger partial charge in [0.2, 0.25) is 0 Å². The number of hydrogen-bond acceptors (Lipinski definition) is 4. The Kier molecular flexibility index (Phi) is 4.71. The minimum atomic E-state index is -3.26. The second-order valence-electron chi connectivity index (χ2n) is 5.58. The van der Waals surface area contributed by atoms with E-state index in [0.29, 0.717) is 11.3 Å². The minimum absolute atomic E-state index is 0.0342. The molecule has 0 aliphatic heterocycles. The first kappa shape index (κ1) is 17.7. The number of aryl methyl sites for hydroxylation is 1. The maximum absolute atomic E-state index is 12.5. The highest BCUT2D eigenvalue weighted by atomic mass is 79.9. The van der Waals surface area contributed by atoms with Crippen molar-refractivity contribution < 1.29 is 17.6 Å². The quantitative estimate of drug-likeness (QED) is 0.670. The highest BCUT2D eigenvalue weighted by Gasteiger charge is 2.18. The normalized spacial score (nSPS) is 11.6. The summed E-state index contributed by atoms with van der Waals surface area (Å²) in [6.07, 6.45) is 0. The molecule has 1 N–H and O–H groups in total. The number of anilines is 1. The van der Waals surface area contributed by atoms with E-state index < -0.39 is 9.84 Å². The van der Waals surface area contributed by atoms with Crippen molar-refractivity contribution in [2.75, 3.05) is 11.1 Å². The largest absolute Gasteiger partial charge is 0.451 e. The van der Waals surface area contributed by atoms with Crippen LogP contribution in [0, 0.1) is 6.92 Å². The van der Waals surface area contributed by atoms with Crippen LogP contribution in [-0.2, 0) is 9.84 Å². The third kappa shape index (κ3) is 3.48. The van der Waals surface area contributed by atoms with Gasteiger partial charge in [-0.15, -0.1) is 0 Å². The molecule has 0 bridgehead atoms. The standard InChI is InChI=1S/C18H16BrNO4S/c1-3-25(22,23)14-7-5-13(6-8-14)20-18(21)17-11(2)15-10-12(19)4-9-16(15)24-17/h4-10H,3H2,1-2H3,(H,20,21). The van der Waals surface area contributed by atoms with Crippen molar-refractivity contribution in [1.29, 1.82) is 0 Å². The van der Waals surface area contributed by atoms with E-state index in [1.165, 1.54) is 12.1 Å².